The molecule has 1 saturated carbocycles. The second-order valence-electron chi connectivity index (χ2n) is 7.63. The molecule has 1 aliphatic heterocycles. The zero-order valence-corrected chi connectivity index (χ0v) is 15.8. The molecule has 0 radical (unpaired) electrons. The minimum absolute atomic E-state index is 0.103. The largest absolute Gasteiger partial charge is 0.472 e. The van der Waals surface area contributed by atoms with Gasteiger partial charge in [-0.1, -0.05) is 19.3 Å². The zero-order valence-electron chi connectivity index (χ0n) is 15.8. The van der Waals surface area contributed by atoms with Gasteiger partial charge in [0.15, 0.2) is 0 Å². The van der Waals surface area contributed by atoms with Crippen LogP contribution in [0.15, 0.2) is 18.3 Å². The molecule has 1 saturated heterocycles. The van der Waals surface area contributed by atoms with Crippen molar-refractivity contribution in [1.29, 1.82) is 0 Å². The van der Waals surface area contributed by atoms with Crippen molar-refractivity contribution in [3.63, 3.8) is 0 Å². The number of hydrogen-bond donors (Lipinski definition) is 0. The number of carbonyl (C=O) groups excluding carboxylic acids is 2. The summed E-state index contributed by atoms with van der Waals surface area (Å²) in [5.74, 6) is 1.03. The SMILES string of the molecule is CN(C)C(=O)c1cccnc1O[C@H]1CCN(C(=O)CC2CCCCC2)C1. The Labute approximate surface area is 155 Å². The first-order chi connectivity index (χ1) is 12.5. The van der Waals surface area contributed by atoms with Crippen molar-refractivity contribution in [2.45, 2.75) is 51.0 Å². The molecule has 1 aromatic heterocycles. The van der Waals surface area contributed by atoms with Gasteiger partial charge >= 0.3 is 0 Å². The van der Waals surface area contributed by atoms with Crippen molar-refractivity contribution in [2.75, 3.05) is 27.2 Å². The Morgan fingerprint density at radius 2 is 2.00 bits per heavy atom. The molecule has 0 unspecified atom stereocenters. The summed E-state index contributed by atoms with van der Waals surface area (Å²) in [7, 11) is 3.42. The van der Waals surface area contributed by atoms with E-state index in [4.69, 9.17) is 4.74 Å². The van der Waals surface area contributed by atoms with Crippen molar-refractivity contribution in [1.82, 2.24) is 14.8 Å². The quantitative estimate of drug-likeness (QED) is 0.811. The van der Waals surface area contributed by atoms with Crippen LogP contribution < -0.4 is 4.74 Å². The zero-order chi connectivity index (χ0) is 18.5. The van der Waals surface area contributed by atoms with Crippen LogP contribution >= 0.6 is 0 Å². The minimum Gasteiger partial charge on any atom is -0.472 e. The molecule has 26 heavy (non-hydrogen) atoms. The summed E-state index contributed by atoms with van der Waals surface area (Å²) < 4.78 is 6.00. The Hall–Kier alpha value is -2.11. The van der Waals surface area contributed by atoms with Gasteiger partial charge in [0, 0.05) is 39.7 Å². The van der Waals surface area contributed by atoms with E-state index in [-0.39, 0.29) is 17.9 Å². The Morgan fingerprint density at radius 1 is 1.23 bits per heavy atom. The smallest absolute Gasteiger partial charge is 0.258 e. The first-order valence-corrected chi connectivity index (χ1v) is 9.65. The number of rotatable bonds is 5. The minimum atomic E-state index is -0.128. The summed E-state index contributed by atoms with van der Waals surface area (Å²) in [6, 6.07) is 3.46. The summed E-state index contributed by atoms with van der Waals surface area (Å²) in [4.78, 5) is 32.5. The third kappa shape index (κ3) is 4.54. The molecular formula is C20H29N3O3. The highest BCUT2D eigenvalue weighted by molar-refractivity contribution is 5.96. The first kappa shape index (κ1) is 18.7. The van der Waals surface area contributed by atoms with E-state index in [1.165, 1.54) is 37.0 Å². The second-order valence-corrected chi connectivity index (χ2v) is 7.63. The monoisotopic (exact) mass is 359 g/mol. The van der Waals surface area contributed by atoms with Crippen molar-refractivity contribution in [3.8, 4) is 5.88 Å². The fourth-order valence-corrected chi connectivity index (χ4v) is 3.86. The average Bonchev–Trinajstić information content (AvgIpc) is 3.11. The molecule has 2 heterocycles. The molecule has 2 aliphatic rings. The van der Waals surface area contributed by atoms with Crippen molar-refractivity contribution < 1.29 is 14.3 Å². The molecule has 6 heteroatoms. The molecule has 2 amide bonds. The first-order valence-electron chi connectivity index (χ1n) is 9.65. The highest BCUT2D eigenvalue weighted by Crippen LogP contribution is 2.28. The standard InChI is InChI=1S/C20H29N3O3/c1-22(2)20(25)17-9-6-11-21-19(17)26-16-10-12-23(14-16)18(24)13-15-7-4-3-5-8-15/h6,9,11,15-16H,3-5,7-8,10,12-14H2,1-2H3/t16-/m0/s1. The molecule has 1 atom stereocenters. The van der Waals surface area contributed by atoms with Gasteiger partial charge in [0.2, 0.25) is 11.8 Å². The predicted octanol–water partition coefficient (Wildman–Crippen LogP) is 2.73. The fourth-order valence-electron chi connectivity index (χ4n) is 3.86. The number of hydrogen-bond acceptors (Lipinski definition) is 4. The third-order valence-corrected chi connectivity index (χ3v) is 5.37. The van der Waals surface area contributed by atoms with E-state index < -0.39 is 0 Å². The highest BCUT2D eigenvalue weighted by atomic mass is 16.5. The predicted molar refractivity (Wildman–Crippen MR) is 99.1 cm³/mol. The van der Waals surface area contributed by atoms with Crippen molar-refractivity contribution >= 4 is 11.8 Å². The molecule has 0 N–H and O–H groups in total. The molecule has 1 aromatic rings. The van der Waals surface area contributed by atoms with Crippen molar-refractivity contribution in [3.05, 3.63) is 23.9 Å². The van der Waals surface area contributed by atoms with E-state index in [1.807, 2.05) is 4.90 Å². The Bertz CT molecular complexity index is 641. The van der Waals surface area contributed by atoms with E-state index in [1.54, 1.807) is 32.4 Å². The van der Waals surface area contributed by atoms with Crippen LogP contribution in [0, 0.1) is 5.92 Å². The Morgan fingerprint density at radius 3 is 2.73 bits per heavy atom. The van der Waals surface area contributed by atoms with Crippen LogP contribution in [-0.2, 0) is 4.79 Å². The van der Waals surface area contributed by atoms with Crippen LogP contribution in [-0.4, -0.2) is 59.9 Å². The maximum atomic E-state index is 12.6. The van der Waals surface area contributed by atoms with Gasteiger partial charge < -0.3 is 14.5 Å². The van der Waals surface area contributed by atoms with Gasteiger partial charge in [-0.3, -0.25) is 9.59 Å². The maximum absolute atomic E-state index is 12.6. The van der Waals surface area contributed by atoms with Crippen LogP contribution in [0.2, 0.25) is 0 Å². The molecular weight excluding hydrogens is 330 g/mol. The number of aromatic nitrogens is 1. The normalized spacial score (nSPS) is 20.8. The van der Waals surface area contributed by atoms with E-state index in [9.17, 15) is 9.59 Å². The van der Waals surface area contributed by atoms with Gasteiger partial charge in [0.1, 0.15) is 11.7 Å². The molecule has 0 aromatic carbocycles. The number of pyridine rings is 1. The summed E-state index contributed by atoms with van der Waals surface area (Å²) in [5.41, 5.74) is 0.462. The number of likely N-dealkylation sites (tertiary alicyclic amines) is 1. The summed E-state index contributed by atoms with van der Waals surface area (Å²) in [5, 5.41) is 0. The molecule has 0 spiro atoms. The van der Waals surface area contributed by atoms with Gasteiger partial charge in [0.05, 0.1) is 6.54 Å². The topological polar surface area (TPSA) is 62.7 Å². The van der Waals surface area contributed by atoms with Gasteiger partial charge in [-0.25, -0.2) is 4.98 Å². The molecule has 0 bridgehead atoms. The second kappa shape index (κ2) is 8.52. The molecule has 6 nitrogen and oxygen atoms in total. The number of ether oxygens (including phenoxy) is 1. The van der Waals surface area contributed by atoms with E-state index in [0.717, 1.165) is 13.0 Å². The molecule has 3 rings (SSSR count). The van der Waals surface area contributed by atoms with Crippen LogP contribution in [0.1, 0.15) is 55.3 Å². The lowest BCUT2D eigenvalue weighted by atomic mass is 9.87. The van der Waals surface area contributed by atoms with Crippen molar-refractivity contribution in [2.24, 2.45) is 5.92 Å². The fraction of sp³-hybridized carbons (Fsp3) is 0.650. The molecule has 2 fully saturated rings. The van der Waals surface area contributed by atoms with Crippen LogP contribution in [0.5, 0.6) is 5.88 Å². The summed E-state index contributed by atoms with van der Waals surface area (Å²) in [6.45, 7) is 1.30. The number of amides is 2. The van der Waals surface area contributed by atoms with Gasteiger partial charge in [-0.2, -0.15) is 0 Å². The van der Waals surface area contributed by atoms with E-state index in [0.29, 0.717) is 30.3 Å². The van der Waals surface area contributed by atoms with Gasteiger partial charge in [0.25, 0.3) is 5.91 Å². The summed E-state index contributed by atoms with van der Waals surface area (Å²) >= 11 is 0. The molecule has 142 valence electrons. The van der Waals surface area contributed by atoms with Crippen LogP contribution in [0.4, 0.5) is 0 Å². The Kier molecular flexibility index (Phi) is 6.12. The summed E-state index contributed by atoms with van der Waals surface area (Å²) in [6.07, 6.45) is 9.16. The lowest BCUT2D eigenvalue weighted by Crippen LogP contribution is -2.32. The average molecular weight is 359 g/mol. The maximum Gasteiger partial charge on any atom is 0.258 e. The van der Waals surface area contributed by atoms with Gasteiger partial charge in [-0.15, -0.1) is 0 Å². The van der Waals surface area contributed by atoms with E-state index in [2.05, 4.69) is 4.98 Å². The number of nitrogens with zero attached hydrogens (tertiary/aromatic N) is 3. The molecule has 1 aliphatic carbocycles. The highest BCUT2D eigenvalue weighted by Gasteiger charge is 2.30. The van der Waals surface area contributed by atoms with Crippen LogP contribution in [0.3, 0.4) is 0 Å². The lowest BCUT2D eigenvalue weighted by molar-refractivity contribution is -0.131. The van der Waals surface area contributed by atoms with E-state index >= 15 is 0 Å². The number of carbonyl (C=O) groups is 2. The van der Waals surface area contributed by atoms with Crippen LogP contribution in [0.25, 0.3) is 0 Å². The lowest BCUT2D eigenvalue weighted by Gasteiger charge is -2.24. The third-order valence-electron chi connectivity index (χ3n) is 5.37. The van der Waals surface area contributed by atoms with Gasteiger partial charge in [-0.05, 0) is 30.9 Å². The Balaban J connectivity index is 1.56.